The van der Waals surface area contributed by atoms with Gasteiger partial charge in [0, 0.05) is 24.8 Å². The normalized spacial score (nSPS) is 13.2. The Bertz CT molecular complexity index is 570. The zero-order valence-electron chi connectivity index (χ0n) is 11.8. The van der Waals surface area contributed by atoms with Gasteiger partial charge in [-0.1, -0.05) is 6.92 Å². The molecular weight excluding hydrogens is 306 g/mol. The Kier molecular flexibility index (Phi) is 4.10. The molecule has 0 aliphatic rings. The summed E-state index contributed by atoms with van der Waals surface area (Å²) in [4.78, 5) is 0. The van der Waals surface area contributed by atoms with Crippen LogP contribution >= 0.6 is 15.9 Å². The monoisotopic (exact) mass is 325 g/mol. The number of hydrogen-bond acceptors (Lipinski definition) is 3. The fourth-order valence-electron chi connectivity index (χ4n) is 2.29. The molecule has 0 aliphatic carbocycles. The van der Waals surface area contributed by atoms with Crippen LogP contribution < -0.4 is 5.73 Å². The van der Waals surface area contributed by atoms with Crippen molar-refractivity contribution in [1.29, 1.82) is 0 Å². The van der Waals surface area contributed by atoms with E-state index in [2.05, 4.69) is 46.9 Å². The second-order valence-corrected chi connectivity index (χ2v) is 5.81. The van der Waals surface area contributed by atoms with Crippen LogP contribution in [-0.2, 0) is 13.5 Å². The fraction of sp³-hybridized carbons (Fsp3) is 0.538. The Morgan fingerprint density at radius 2 is 2.11 bits per heavy atom. The van der Waals surface area contributed by atoms with E-state index in [0.717, 1.165) is 27.8 Å². The third-order valence-electron chi connectivity index (χ3n) is 3.18. The van der Waals surface area contributed by atoms with E-state index in [0.29, 0.717) is 0 Å². The Hall–Kier alpha value is -1.14. The van der Waals surface area contributed by atoms with Crippen LogP contribution in [0.4, 0.5) is 0 Å². The van der Waals surface area contributed by atoms with Gasteiger partial charge in [0.25, 0.3) is 0 Å². The van der Waals surface area contributed by atoms with Crippen molar-refractivity contribution in [2.75, 3.05) is 0 Å². The van der Waals surface area contributed by atoms with Crippen molar-refractivity contribution in [2.45, 2.75) is 39.3 Å². The van der Waals surface area contributed by atoms with Gasteiger partial charge in [0.2, 0.25) is 0 Å². The number of rotatable bonds is 4. The largest absolute Gasteiger partial charge is 0.319 e. The highest BCUT2D eigenvalue weighted by Crippen LogP contribution is 2.30. The molecule has 2 aromatic rings. The molecule has 0 saturated carbocycles. The average molecular weight is 326 g/mol. The first-order valence-electron chi connectivity index (χ1n) is 6.46. The molecule has 0 saturated heterocycles. The molecule has 2 aromatic heterocycles. The van der Waals surface area contributed by atoms with E-state index in [9.17, 15) is 0 Å². The summed E-state index contributed by atoms with van der Waals surface area (Å²) in [6.07, 6.45) is 4.67. The van der Waals surface area contributed by atoms with Gasteiger partial charge in [0.15, 0.2) is 0 Å². The molecule has 0 aromatic carbocycles. The van der Waals surface area contributed by atoms with Gasteiger partial charge >= 0.3 is 0 Å². The molecule has 1 atom stereocenters. The molecule has 2 rings (SSSR count). The molecule has 2 heterocycles. The minimum atomic E-state index is -0.220. The number of aromatic nitrogens is 4. The highest BCUT2D eigenvalue weighted by molar-refractivity contribution is 9.10. The van der Waals surface area contributed by atoms with Gasteiger partial charge < -0.3 is 5.73 Å². The van der Waals surface area contributed by atoms with E-state index in [1.54, 1.807) is 6.20 Å². The van der Waals surface area contributed by atoms with Crippen LogP contribution in [0.1, 0.15) is 49.8 Å². The predicted molar refractivity (Wildman–Crippen MR) is 78.9 cm³/mol. The predicted octanol–water partition coefficient (Wildman–Crippen LogP) is 2.57. The van der Waals surface area contributed by atoms with E-state index in [4.69, 9.17) is 5.73 Å². The first-order chi connectivity index (χ1) is 8.95. The summed E-state index contributed by atoms with van der Waals surface area (Å²) in [5.41, 5.74) is 9.55. The summed E-state index contributed by atoms with van der Waals surface area (Å²) < 4.78 is 4.72. The first-order valence-corrected chi connectivity index (χ1v) is 7.25. The van der Waals surface area contributed by atoms with Crippen molar-refractivity contribution in [3.8, 4) is 0 Å². The Balaban J connectivity index is 2.49. The van der Waals surface area contributed by atoms with Crippen molar-refractivity contribution < 1.29 is 0 Å². The maximum absolute atomic E-state index is 6.45. The Morgan fingerprint density at radius 1 is 1.42 bits per heavy atom. The third kappa shape index (κ3) is 2.60. The second kappa shape index (κ2) is 5.46. The van der Waals surface area contributed by atoms with Gasteiger partial charge in [0.1, 0.15) is 0 Å². The lowest BCUT2D eigenvalue weighted by Gasteiger charge is -2.17. The molecule has 0 aliphatic heterocycles. The molecule has 5 nitrogen and oxygen atoms in total. The van der Waals surface area contributed by atoms with Gasteiger partial charge in [-0.15, -0.1) is 0 Å². The molecule has 6 heteroatoms. The summed E-state index contributed by atoms with van der Waals surface area (Å²) in [6.45, 7) is 6.28. The van der Waals surface area contributed by atoms with Crippen LogP contribution in [0.5, 0.6) is 0 Å². The first kappa shape index (κ1) is 14.3. The van der Waals surface area contributed by atoms with Crippen LogP contribution in [0.15, 0.2) is 16.9 Å². The molecule has 0 spiro atoms. The van der Waals surface area contributed by atoms with E-state index < -0.39 is 0 Å². The van der Waals surface area contributed by atoms with Gasteiger partial charge in [-0.25, -0.2) is 0 Å². The molecule has 0 radical (unpaired) electrons. The second-order valence-electron chi connectivity index (χ2n) is 4.95. The van der Waals surface area contributed by atoms with Crippen LogP contribution in [0.2, 0.25) is 0 Å². The zero-order chi connectivity index (χ0) is 14.2. The Labute approximate surface area is 121 Å². The average Bonchev–Trinajstić information content (AvgIpc) is 2.91. The van der Waals surface area contributed by atoms with Gasteiger partial charge in [-0.2, -0.15) is 10.2 Å². The smallest absolute Gasteiger partial charge is 0.0768 e. The maximum Gasteiger partial charge on any atom is 0.0768 e. The van der Waals surface area contributed by atoms with E-state index in [1.807, 2.05) is 22.6 Å². The van der Waals surface area contributed by atoms with E-state index in [-0.39, 0.29) is 12.1 Å². The van der Waals surface area contributed by atoms with Crippen molar-refractivity contribution in [3.63, 3.8) is 0 Å². The number of nitrogens with two attached hydrogens (primary N) is 1. The van der Waals surface area contributed by atoms with Gasteiger partial charge in [0.05, 0.1) is 28.1 Å². The minimum absolute atomic E-state index is 0.220. The molecule has 0 fully saturated rings. The molecule has 19 heavy (non-hydrogen) atoms. The number of hydrogen-bond donors (Lipinski definition) is 1. The highest BCUT2D eigenvalue weighted by Gasteiger charge is 2.23. The van der Waals surface area contributed by atoms with Gasteiger partial charge in [-0.3, -0.25) is 9.36 Å². The standard InChI is InChI=1S/C13H20BrN5/c1-5-11-9(7-18(4)17-11)12(15)13-10(14)6-16-19(13)8(2)3/h6-8,12H,5,15H2,1-4H3. The van der Waals surface area contributed by atoms with Crippen molar-refractivity contribution >= 4 is 15.9 Å². The zero-order valence-corrected chi connectivity index (χ0v) is 13.3. The summed E-state index contributed by atoms with van der Waals surface area (Å²) in [5, 5.41) is 8.84. The van der Waals surface area contributed by atoms with Crippen molar-refractivity contribution in [3.05, 3.63) is 33.8 Å². The van der Waals surface area contributed by atoms with Crippen LogP contribution in [0.3, 0.4) is 0 Å². The summed E-state index contributed by atoms with van der Waals surface area (Å²) in [6, 6.07) is 0.0528. The Morgan fingerprint density at radius 3 is 2.68 bits per heavy atom. The minimum Gasteiger partial charge on any atom is -0.319 e. The lowest BCUT2D eigenvalue weighted by Crippen LogP contribution is -2.20. The summed E-state index contributed by atoms with van der Waals surface area (Å²) in [5.74, 6) is 0. The van der Waals surface area contributed by atoms with E-state index >= 15 is 0 Å². The van der Waals surface area contributed by atoms with Crippen molar-refractivity contribution in [2.24, 2.45) is 12.8 Å². The molecule has 2 N–H and O–H groups in total. The topological polar surface area (TPSA) is 61.7 Å². The van der Waals surface area contributed by atoms with Gasteiger partial charge in [-0.05, 0) is 36.2 Å². The number of aryl methyl sites for hydroxylation is 2. The molecule has 0 amide bonds. The summed E-state index contributed by atoms with van der Waals surface area (Å²) >= 11 is 3.55. The molecule has 104 valence electrons. The fourth-order valence-corrected chi connectivity index (χ4v) is 2.81. The third-order valence-corrected chi connectivity index (χ3v) is 3.79. The maximum atomic E-state index is 6.45. The number of nitrogens with zero attached hydrogens (tertiary/aromatic N) is 4. The highest BCUT2D eigenvalue weighted by atomic mass is 79.9. The molecule has 1 unspecified atom stereocenters. The quantitative estimate of drug-likeness (QED) is 0.939. The lowest BCUT2D eigenvalue weighted by atomic mass is 10.0. The van der Waals surface area contributed by atoms with Crippen LogP contribution in [0, 0.1) is 0 Å². The van der Waals surface area contributed by atoms with E-state index in [1.165, 1.54) is 0 Å². The van der Waals surface area contributed by atoms with Crippen LogP contribution in [-0.4, -0.2) is 19.6 Å². The summed E-state index contributed by atoms with van der Waals surface area (Å²) in [7, 11) is 1.92. The number of halogens is 1. The lowest BCUT2D eigenvalue weighted by molar-refractivity contribution is 0.498. The SMILES string of the molecule is CCc1nn(C)cc1C(N)c1c(Br)cnn1C(C)C. The molecule has 0 bridgehead atoms. The van der Waals surface area contributed by atoms with Crippen LogP contribution in [0.25, 0.3) is 0 Å². The van der Waals surface area contributed by atoms with Crippen molar-refractivity contribution in [1.82, 2.24) is 19.6 Å². The molecular formula is C13H20BrN5.